The van der Waals surface area contributed by atoms with Gasteiger partial charge in [-0.2, -0.15) is 0 Å². The molecule has 8 heteroatoms. The minimum Gasteiger partial charge on any atom is -0.372 e. The summed E-state index contributed by atoms with van der Waals surface area (Å²) >= 11 is 5.31. The van der Waals surface area contributed by atoms with E-state index in [4.69, 9.17) is 11.6 Å². The maximum Gasteiger partial charge on any atom is 0.279 e. The molecular formula is C16H13ClF2N2O3. The summed E-state index contributed by atoms with van der Waals surface area (Å²) in [4.78, 5) is 23.6. The van der Waals surface area contributed by atoms with E-state index in [1.54, 1.807) is 0 Å². The van der Waals surface area contributed by atoms with E-state index in [1.165, 1.54) is 24.3 Å². The Hall–Kier alpha value is -2.51. The van der Waals surface area contributed by atoms with Crippen LogP contribution in [0.25, 0.3) is 0 Å². The standard InChI is InChI=1S/C16H13ClF2N2O3/c17-9-14(22)20-21-15(23)16(24,10-1-5-12(18)6-2-10)11-3-7-13(19)8-4-11/h1-8,24H,9H2,(H,20,22)(H,21,23). The fourth-order valence-corrected chi connectivity index (χ4v) is 2.13. The van der Waals surface area contributed by atoms with Crippen LogP contribution < -0.4 is 10.9 Å². The van der Waals surface area contributed by atoms with Crippen molar-refractivity contribution >= 4 is 23.4 Å². The number of benzene rings is 2. The quantitative estimate of drug-likeness (QED) is 0.576. The predicted octanol–water partition coefficient (Wildman–Crippen LogP) is 1.59. The van der Waals surface area contributed by atoms with Gasteiger partial charge in [0.2, 0.25) is 0 Å². The number of hydrazine groups is 1. The second-order valence-electron chi connectivity index (χ2n) is 4.86. The Morgan fingerprint density at radius 2 is 1.33 bits per heavy atom. The SMILES string of the molecule is O=C(CCl)NNC(=O)C(O)(c1ccc(F)cc1)c1ccc(F)cc1. The van der Waals surface area contributed by atoms with Crippen LogP contribution in [0, 0.1) is 11.6 Å². The molecule has 0 bridgehead atoms. The Morgan fingerprint density at radius 3 is 1.71 bits per heavy atom. The average Bonchev–Trinajstić information content (AvgIpc) is 2.59. The van der Waals surface area contributed by atoms with Crippen molar-refractivity contribution < 1.29 is 23.5 Å². The zero-order chi connectivity index (χ0) is 17.7. The summed E-state index contributed by atoms with van der Waals surface area (Å²) in [6.45, 7) is 0. The highest BCUT2D eigenvalue weighted by molar-refractivity contribution is 6.27. The zero-order valence-corrected chi connectivity index (χ0v) is 13.0. The molecular weight excluding hydrogens is 342 g/mol. The molecule has 0 aliphatic rings. The maximum atomic E-state index is 13.1. The van der Waals surface area contributed by atoms with E-state index >= 15 is 0 Å². The van der Waals surface area contributed by atoms with Gasteiger partial charge < -0.3 is 5.11 Å². The first-order valence-electron chi connectivity index (χ1n) is 6.77. The zero-order valence-electron chi connectivity index (χ0n) is 12.2. The Labute approximate surface area is 141 Å². The number of halogens is 3. The average molecular weight is 355 g/mol. The topological polar surface area (TPSA) is 78.4 Å². The van der Waals surface area contributed by atoms with Crippen LogP contribution in [0.3, 0.4) is 0 Å². The van der Waals surface area contributed by atoms with Crippen LogP contribution in [-0.2, 0) is 15.2 Å². The largest absolute Gasteiger partial charge is 0.372 e. The molecule has 0 saturated carbocycles. The third-order valence-corrected chi connectivity index (χ3v) is 3.53. The molecule has 0 radical (unpaired) electrons. The molecule has 24 heavy (non-hydrogen) atoms. The number of hydrogen-bond donors (Lipinski definition) is 3. The molecule has 3 N–H and O–H groups in total. The summed E-state index contributed by atoms with van der Waals surface area (Å²) in [6, 6.07) is 9.10. The first-order chi connectivity index (χ1) is 11.4. The van der Waals surface area contributed by atoms with Crippen LogP contribution in [0.2, 0.25) is 0 Å². The fraction of sp³-hybridized carbons (Fsp3) is 0.125. The van der Waals surface area contributed by atoms with E-state index in [9.17, 15) is 23.5 Å². The molecule has 2 aromatic rings. The van der Waals surface area contributed by atoms with Gasteiger partial charge in [0, 0.05) is 0 Å². The molecule has 0 unspecified atom stereocenters. The monoisotopic (exact) mass is 354 g/mol. The van der Waals surface area contributed by atoms with Gasteiger partial charge in [0.05, 0.1) is 0 Å². The van der Waals surface area contributed by atoms with E-state index in [1.807, 2.05) is 10.9 Å². The molecule has 0 aliphatic carbocycles. The van der Waals surface area contributed by atoms with Crippen LogP contribution in [0.1, 0.15) is 11.1 Å². The number of nitrogens with one attached hydrogen (secondary N) is 2. The molecule has 0 spiro atoms. The Bertz CT molecular complexity index is 690. The summed E-state index contributed by atoms with van der Waals surface area (Å²) in [7, 11) is 0. The number of carbonyl (C=O) groups excluding carboxylic acids is 2. The number of hydrogen-bond acceptors (Lipinski definition) is 3. The van der Waals surface area contributed by atoms with Gasteiger partial charge in [-0.15, -0.1) is 11.6 Å². The highest BCUT2D eigenvalue weighted by Gasteiger charge is 2.40. The first-order valence-corrected chi connectivity index (χ1v) is 7.31. The Morgan fingerprint density at radius 1 is 0.917 bits per heavy atom. The van der Waals surface area contributed by atoms with Crippen molar-refractivity contribution in [2.24, 2.45) is 0 Å². The van der Waals surface area contributed by atoms with Crippen LogP contribution in [0.15, 0.2) is 48.5 Å². The second kappa shape index (κ2) is 7.37. The molecule has 2 aromatic carbocycles. The van der Waals surface area contributed by atoms with E-state index < -0.39 is 34.9 Å². The van der Waals surface area contributed by atoms with Gasteiger partial charge in [0.1, 0.15) is 17.5 Å². The third kappa shape index (κ3) is 3.69. The lowest BCUT2D eigenvalue weighted by atomic mass is 9.85. The lowest BCUT2D eigenvalue weighted by molar-refractivity contribution is -0.140. The second-order valence-corrected chi connectivity index (χ2v) is 5.13. The van der Waals surface area contributed by atoms with Crippen molar-refractivity contribution in [3.8, 4) is 0 Å². The maximum absolute atomic E-state index is 13.1. The first kappa shape index (κ1) is 17.8. The van der Waals surface area contributed by atoms with Crippen molar-refractivity contribution in [2.75, 3.05) is 5.88 Å². The van der Waals surface area contributed by atoms with Crippen molar-refractivity contribution in [3.05, 3.63) is 71.3 Å². The van der Waals surface area contributed by atoms with Crippen LogP contribution in [0.4, 0.5) is 8.78 Å². The molecule has 0 aliphatic heterocycles. The molecule has 5 nitrogen and oxygen atoms in total. The third-order valence-electron chi connectivity index (χ3n) is 3.29. The minimum absolute atomic E-state index is 0.0353. The van der Waals surface area contributed by atoms with Gasteiger partial charge in [-0.1, -0.05) is 24.3 Å². The lowest BCUT2D eigenvalue weighted by Crippen LogP contribution is -2.52. The molecule has 2 amide bonds. The summed E-state index contributed by atoms with van der Waals surface area (Å²) in [6.07, 6.45) is 0. The Balaban J connectivity index is 2.44. The molecule has 2 rings (SSSR count). The summed E-state index contributed by atoms with van der Waals surface area (Å²) in [5.74, 6) is -3.22. The van der Waals surface area contributed by atoms with E-state index in [-0.39, 0.29) is 11.1 Å². The highest BCUT2D eigenvalue weighted by Crippen LogP contribution is 2.30. The molecule has 0 heterocycles. The summed E-state index contributed by atoms with van der Waals surface area (Å²) in [5, 5.41) is 10.9. The molecule has 0 saturated heterocycles. The van der Waals surface area contributed by atoms with Gasteiger partial charge >= 0.3 is 0 Å². The number of aliphatic hydroxyl groups is 1. The minimum atomic E-state index is -2.28. The van der Waals surface area contributed by atoms with Gasteiger partial charge in [0.25, 0.3) is 11.8 Å². The molecule has 0 aromatic heterocycles. The van der Waals surface area contributed by atoms with Crippen molar-refractivity contribution in [1.82, 2.24) is 10.9 Å². The van der Waals surface area contributed by atoms with Crippen molar-refractivity contribution in [2.45, 2.75) is 5.60 Å². The van der Waals surface area contributed by atoms with Gasteiger partial charge in [-0.05, 0) is 35.4 Å². The van der Waals surface area contributed by atoms with Crippen LogP contribution in [-0.4, -0.2) is 22.8 Å². The number of carbonyl (C=O) groups is 2. The van der Waals surface area contributed by atoms with Gasteiger partial charge in [0.15, 0.2) is 5.60 Å². The summed E-state index contributed by atoms with van der Waals surface area (Å²) in [5.41, 5.74) is 1.86. The lowest BCUT2D eigenvalue weighted by Gasteiger charge is -2.28. The van der Waals surface area contributed by atoms with Crippen molar-refractivity contribution in [3.63, 3.8) is 0 Å². The smallest absolute Gasteiger partial charge is 0.279 e. The van der Waals surface area contributed by atoms with Crippen LogP contribution in [0.5, 0.6) is 0 Å². The fourth-order valence-electron chi connectivity index (χ4n) is 2.06. The highest BCUT2D eigenvalue weighted by atomic mass is 35.5. The summed E-state index contributed by atoms with van der Waals surface area (Å²) < 4.78 is 26.3. The Kier molecular flexibility index (Phi) is 5.48. The molecule has 126 valence electrons. The molecule has 0 atom stereocenters. The van der Waals surface area contributed by atoms with E-state index in [2.05, 4.69) is 0 Å². The van der Waals surface area contributed by atoms with E-state index in [0.29, 0.717) is 0 Å². The number of rotatable bonds is 4. The van der Waals surface area contributed by atoms with Gasteiger partial charge in [-0.3, -0.25) is 20.4 Å². The normalized spacial score (nSPS) is 11.0. The van der Waals surface area contributed by atoms with Crippen LogP contribution >= 0.6 is 11.6 Å². The van der Waals surface area contributed by atoms with Gasteiger partial charge in [-0.25, -0.2) is 8.78 Å². The number of alkyl halides is 1. The predicted molar refractivity (Wildman–Crippen MR) is 82.8 cm³/mol. The molecule has 0 fully saturated rings. The number of amides is 2. The van der Waals surface area contributed by atoms with Crippen molar-refractivity contribution in [1.29, 1.82) is 0 Å². The van der Waals surface area contributed by atoms with E-state index in [0.717, 1.165) is 24.3 Å².